The number of alkyl halides is 3. The number of para-hydroxylation sites is 1. The van der Waals surface area contributed by atoms with E-state index in [1.165, 1.54) is 13.2 Å². The van der Waals surface area contributed by atoms with Gasteiger partial charge in [0.1, 0.15) is 17.4 Å². The number of nitrogens with zero attached hydrogens (tertiary/aromatic N) is 3. The Bertz CT molecular complexity index is 1060. The summed E-state index contributed by atoms with van der Waals surface area (Å²) in [6.07, 6.45) is -1.96. The molecule has 4 rings (SSSR count). The molecule has 2 bridgehead atoms. The average Bonchev–Trinajstić information content (AvgIpc) is 2.71. The van der Waals surface area contributed by atoms with E-state index in [1.807, 2.05) is 0 Å². The first-order valence-corrected chi connectivity index (χ1v) is 9.17. The molecule has 0 radical (unpaired) electrons. The minimum absolute atomic E-state index is 0.129. The first-order chi connectivity index (χ1) is 13.9. The molecule has 6 nitrogen and oxygen atoms in total. The van der Waals surface area contributed by atoms with E-state index in [1.54, 1.807) is 25.3 Å². The molecule has 0 saturated heterocycles. The van der Waals surface area contributed by atoms with E-state index in [0.29, 0.717) is 46.8 Å². The molecule has 0 aliphatic carbocycles. The van der Waals surface area contributed by atoms with Gasteiger partial charge in [-0.1, -0.05) is 12.1 Å². The average molecular weight is 404 g/mol. The van der Waals surface area contributed by atoms with Gasteiger partial charge in [-0.25, -0.2) is 15.0 Å². The van der Waals surface area contributed by atoms with E-state index in [4.69, 9.17) is 9.47 Å². The van der Waals surface area contributed by atoms with Crippen molar-refractivity contribution in [1.29, 1.82) is 0 Å². The van der Waals surface area contributed by atoms with Crippen LogP contribution in [0, 0.1) is 0 Å². The van der Waals surface area contributed by atoms with Crippen LogP contribution in [0.15, 0.2) is 30.5 Å². The number of methoxy groups -OCH3 is 1. The number of rotatable bonds is 1. The zero-order chi connectivity index (χ0) is 20.6. The molecule has 0 spiro atoms. The molecule has 152 valence electrons. The Labute approximate surface area is 165 Å². The molecule has 1 aliphatic heterocycles. The van der Waals surface area contributed by atoms with Crippen molar-refractivity contribution in [2.75, 3.05) is 19.0 Å². The number of pyridine rings is 1. The Morgan fingerprint density at radius 2 is 2.07 bits per heavy atom. The summed E-state index contributed by atoms with van der Waals surface area (Å²) in [5.41, 5.74) is 0.266. The number of aromatic nitrogens is 3. The molecule has 1 N–H and O–H groups in total. The summed E-state index contributed by atoms with van der Waals surface area (Å²) in [5, 5.41) is 3.91. The van der Waals surface area contributed by atoms with E-state index in [0.717, 1.165) is 6.07 Å². The van der Waals surface area contributed by atoms with Gasteiger partial charge in [0, 0.05) is 23.4 Å². The second-order valence-corrected chi connectivity index (χ2v) is 6.77. The Morgan fingerprint density at radius 1 is 1.24 bits per heavy atom. The Hall–Kier alpha value is -3.10. The van der Waals surface area contributed by atoms with Gasteiger partial charge in [-0.3, -0.25) is 0 Å². The van der Waals surface area contributed by atoms with Crippen molar-refractivity contribution in [3.05, 3.63) is 47.4 Å². The van der Waals surface area contributed by atoms with Crippen molar-refractivity contribution in [3.63, 3.8) is 0 Å². The van der Waals surface area contributed by atoms with Crippen molar-refractivity contribution in [1.82, 2.24) is 15.0 Å². The lowest BCUT2D eigenvalue weighted by Crippen LogP contribution is -2.15. The van der Waals surface area contributed by atoms with Crippen molar-refractivity contribution in [2.45, 2.75) is 32.0 Å². The molecule has 9 heteroatoms. The van der Waals surface area contributed by atoms with Gasteiger partial charge in [-0.05, 0) is 19.4 Å². The van der Waals surface area contributed by atoms with Crippen molar-refractivity contribution < 1.29 is 22.6 Å². The van der Waals surface area contributed by atoms with Crippen molar-refractivity contribution in [3.8, 4) is 11.6 Å². The molecule has 1 aliphatic rings. The van der Waals surface area contributed by atoms with Crippen LogP contribution >= 0.6 is 0 Å². The number of halogens is 3. The van der Waals surface area contributed by atoms with Crippen LogP contribution < -0.4 is 14.8 Å². The van der Waals surface area contributed by atoms with E-state index in [9.17, 15) is 13.2 Å². The summed E-state index contributed by atoms with van der Waals surface area (Å²) in [4.78, 5) is 13.3. The highest BCUT2D eigenvalue weighted by molar-refractivity contribution is 5.89. The monoisotopic (exact) mass is 404 g/mol. The van der Waals surface area contributed by atoms with Gasteiger partial charge in [0.05, 0.1) is 37.0 Å². The fourth-order valence-corrected chi connectivity index (χ4v) is 3.36. The number of benzene rings is 1. The maximum atomic E-state index is 13.5. The van der Waals surface area contributed by atoms with E-state index in [2.05, 4.69) is 20.3 Å². The summed E-state index contributed by atoms with van der Waals surface area (Å²) < 4.78 is 51.4. The van der Waals surface area contributed by atoms with Gasteiger partial charge >= 0.3 is 6.18 Å². The largest absolute Gasteiger partial charge is 0.493 e. The van der Waals surface area contributed by atoms with Crippen LogP contribution in [0.4, 0.5) is 19.0 Å². The van der Waals surface area contributed by atoms with Crippen LogP contribution in [0.25, 0.3) is 10.9 Å². The Balaban J connectivity index is 1.85. The van der Waals surface area contributed by atoms with Gasteiger partial charge in [0.25, 0.3) is 0 Å². The molecule has 1 atom stereocenters. The summed E-state index contributed by atoms with van der Waals surface area (Å²) in [6.45, 7) is 1.90. The molecule has 3 aromatic rings. The number of nitrogens with one attached hydrogen (secondary N) is 1. The molecular weight excluding hydrogens is 385 g/mol. The van der Waals surface area contributed by atoms with Gasteiger partial charge in [-0.15, -0.1) is 0 Å². The Kier molecular flexibility index (Phi) is 4.89. The highest BCUT2D eigenvalue weighted by atomic mass is 19.4. The minimum atomic E-state index is -4.51. The summed E-state index contributed by atoms with van der Waals surface area (Å²) in [6, 6.07) is 5.27. The van der Waals surface area contributed by atoms with Gasteiger partial charge < -0.3 is 14.8 Å². The topological polar surface area (TPSA) is 69.2 Å². The molecule has 2 aromatic heterocycles. The van der Waals surface area contributed by atoms with E-state index >= 15 is 0 Å². The number of hydrogen-bond acceptors (Lipinski definition) is 6. The molecule has 0 fully saturated rings. The second-order valence-electron chi connectivity index (χ2n) is 6.77. The Morgan fingerprint density at radius 3 is 2.83 bits per heavy atom. The lowest BCUT2D eigenvalue weighted by molar-refractivity contribution is -0.139. The molecular formula is C20H19F3N4O2. The number of ether oxygens (including phenoxy) is 2. The van der Waals surface area contributed by atoms with Crippen LogP contribution in [0.3, 0.4) is 0 Å². The van der Waals surface area contributed by atoms with Crippen LogP contribution in [0.5, 0.6) is 11.6 Å². The molecule has 0 unspecified atom stereocenters. The lowest BCUT2D eigenvalue weighted by atomic mass is 10.0. The van der Waals surface area contributed by atoms with Crippen molar-refractivity contribution >= 4 is 16.7 Å². The van der Waals surface area contributed by atoms with Crippen molar-refractivity contribution in [2.24, 2.45) is 0 Å². The summed E-state index contributed by atoms with van der Waals surface area (Å²) >= 11 is 0. The SMILES string of the molecule is COc1cc2c3nc(nc2cn1)CCCOc1c(cccc1C(F)(F)F)[C@@H](C)N3. The summed E-state index contributed by atoms with van der Waals surface area (Å²) in [7, 11) is 1.51. The maximum Gasteiger partial charge on any atom is 0.419 e. The standard InChI is InChI=1S/C20H19F3N4O2/c1-11-12-5-3-6-14(20(21,22)23)18(12)29-8-4-7-16-26-15-10-24-17(28-2)9-13(15)19(25-11)27-16/h3,5-6,9-11H,4,7-8H2,1-2H3,(H,25,26,27)/t11-/m1/s1. The lowest BCUT2D eigenvalue weighted by Gasteiger charge is -2.22. The highest BCUT2D eigenvalue weighted by Crippen LogP contribution is 2.41. The predicted octanol–water partition coefficient (Wildman–Crippen LogP) is 4.55. The van der Waals surface area contributed by atoms with E-state index in [-0.39, 0.29) is 12.4 Å². The number of aryl methyl sites for hydroxylation is 1. The van der Waals surface area contributed by atoms with Crippen LogP contribution in [-0.2, 0) is 12.6 Å². The van der Waals surface area contributed by atoms with Gasteiger partial charge in [-0.2, -0.15) is 13.2 Å². The number of fused-ring (bicyclic) bond motifs is 5. The third-order valence-electron chi connectivity index (χ3n) is 4.77. The van der Waals surface area contributed by atoms with Crippen LogP contribution in [-0.4, -0.2) is 28.7 Å². The van der Waals surface area contributed by atoms with Crippen LogP contribution in [0.2, 0.25) is 0 Å². The minimum Gasteiger partial charge on any atom is -0.493 e. The fourth-order valence-electron chi connectivity index (χ4n) is 3.36. The summed E-state index contributed by atoms with van der Waals surface area (Å²) in [5.74, 6) is 1.34. The molecule has 29 heavy (non-hydrogen) atoms. The number of hydrogen-bond donors (Lipinski definition) is 1. The first-order valence-electron chi connectivity index (χ1n) is 9.17. The zero-order valence-corrected chi connectivity index (χ0v) is 15.9. The van der Waals surface area contributed by atoms with Gasteiger partial charge in [0.2, 0.25) is 5.88 Å². The maximum absolute atomic E-state index is 13.5. The molecule has 0 amide bonds. The molecule has 0 saturated carbocycles. The predicted molar refractivity (Wildman–Crippen MR) is 101 cm³/mol. The van der Waals surface area contributed by atoms with Gasteiger partial charge in [0.15, 0.2) is 0 Å². The smallest absolute Gasteiger partial charge is 0.419 e. The molecule has 3 heterocycles. The molecule has 1 aromatic carbocycles. The van der Waals surface area contributed by atoms with Crippen LogP contribution in [0.1, 0.15) is 36.3 Å². The third-order valence-corrected chi connectivity index (χ3v) is 4.77. The third kappa shape index (κ3) is 3.76. The number of anilines is 1. The second kappa shape index (κ2) is 7.38. The first kappa shape index (κ1) is 19.2. The quantitative estimate of drug-likeness (QED) is 0.642. The highest BCUT2D eigenvalue weighted by Gasteiger charge is 2.36. The fraction of sp³-hybridized carbons (Fsp3) is 0.350. The normalized spacial score (nSPS) is 16.9. The zero-order valence-electron chi connectivity index (χ0n) is 15.9. The van der Waals surface area contributed by atoms with E-state index < -0.39 is 17.8 Å².